The van der Waals surface area contributed by atoms with Gasteiger partial charge in [-0.15, -0.1) is 0 Å². The second-order valence-corrected chi connectivity index (χ2v) is 6.17. The summed E-state index contributed by atoms with van der Waals surface area (Å²) in [5, 5.41) is 7.38. The van der Waals surface area contributed by atoms with Gasteiger partial charge >= 0.3 is 0 Å². The Hall–Kier alpha value is -0.810. The fraction of sp³-hybridized carbons (Fsp3) is 0.533. The summed E-state index contributed by atoms with van der Waals surface area (Å²) in [6.45, 7) is 3.19. The Morgan fingerprint density at radius 1 is 1.29 bits per heavy atom. The molecule has 1 aromatic carbocycles. The number of nitrogens with zero attached hydrogens (tertiary/aromatic N) is 1. The number of likely N-dealkylation sites (tertiary alicyclic amines) is 1. The van der Waals surface area contributed by atoms with E-state index in [-0.39, 0.29) is 5.91 Å². The Labute approximate surface area is 135 Å². The van der Waals surface area contributed by atoms with Crippen LogP contribution in [0.2, 0.25) is 10.0 Å². The van der Waals surface area contributed by atoms with E-state index >= 15 is 0 Å². The molecule has 1 amide bonds. The van der Waals surface area contributed by atoms with Crippen molar-refractivity contribution in [2.45, 2.75) is 25.4 Å². The van der Waals surface area contributed by atoms with Crippen LogP contribution in [-0.2, 0) is 11.3 Å². The highest BCUT2D eigenvalue weighted by Crippen LogP contribution is 2.22. The molecule has 0 aliphatic carbocycles. The van der Waals surface area contributed by atoms with E-state index in [1.807, 2.05) is 18.2 Å². The van der Waals surface area contributed by atoms with E-state index in [1.165, 1.54) is 0 Å². The number of rotatable bonds is 5. The molecule has 6 heteroatoms. The van der Waals surface area contributed by atoms with Gasteiger partial charge in [0.2, 0.25) is 5.91 Å². The predicted molar refractivity (Wildman–Crippen MR) is 86.8 cm³/mol. The highest BCUT2D eigenvalue weighted by atomic mass is 35.5. The van der Waals surface area contributed by atoms with Crippen molar-refractivity contribution in [3.8, 4) is 0 Å². The van der Waals surface area contributed by atoms with E-state index in [2.05, 4.69) is 15.5 Å². The van der Waals surface area contributed by atoms with Crippen molar-refractivity contribution in [3.05, 3.63) is 33.8 Å². The molecule has 1 aromatic rings. The minimum absolute atomic E-state index is 0.0808. The van der Waals surface area contributed by atoms with Crippen LogP contribution < -0.4 is 10.6 Å². The first-order chi connectivity index (χ1) is 10.1. The molecule has 0 radical (unpaired) electrons. The summed E-state index contributed by atoms with van der Waals surface area (Å²) >= 11 is 11.9. The first-order valence-corrected chi connectivity index (χ1v) is 7.94. The number of carbonyl (C=O) groups excluding carboxylic acids is 1. The van der Waals surface area contributed by atoms with Gasteiger partial charge in [-0.3, -0.25) is 9.69 Å². The van der Waals surface area contributed by atoms with Crippen molar-refractivity contribution in [1.29, 1.82) is 0 Å². The standard InChI is InChI=1S/C15H21Cl2N3O/c1-18-15(21)10-20-6-4-12(5-7-20)19-9-11-2-3-13(16)14(17)8-11/h2-3,8,12,19H,4-7,9-10H2,1H3,(H,18,21). The summed E-state index contributed by atoms with van der Waals surface area (Å²) in [6.07, 6.45) is 2.11. The first-order valence-electron chi connectivity index (χ1n) is 7.18. The summed E-state index contributed by atoms with van der Waals surface area (Å²) in [4.78, 5) is 13.5. The van der Waals surface area contributed by atoms with E-state index in [4.69, 9.17) is 23.2 Å². The molecule has 1 aliphatic heterocycles. The van der Waals surface area contributed by atoms with Crippen molar-refractivity contribution in [3.63, 3.8) is 0 Å². The Morgan fingerprint density at radius 2 is 2.00 bits per heavy atom. The molecule has 0 saturated carbocycles. The summed E-state index contributed by atoms with van der Waals surface area (Å²) < 4.78 is 0. The SMILES string of the molecule is CNC(=O)CN1CCC(NCc2ccc(Cl)c(Cl)c2)CC1. The Balaban J connectivity index is 1.73. The molecule has 0 bridgehead atoms. The van der Waals surface area contributed by atoms with Crippen LogP contribution in [0.4, 0.5) is 0 Å². The molecule has 0 atom stereocenters. The van der Waals surface area contributed by atoms with Crippen LogP contribution >= 0.6 is 23.2 Å². The highest BCUT2D eigenvalue weighted by molar-refractivity contribution is 6.42. The molecular weight excluding hydrogens is 309 g/mol. The third-order valence-corrected chi connectivity index (χ3v) is 4.55. The molecule has 1 aliphatic rings. The van der Waals surface area contributed by atoms with Gasteiger partial charge in [0.15, 0.2) is 0 Å². The van der Waals surface area contributed by atoms with Crippen LogP contribution in [0.5, 0.6) is 0 Å². The van der Waals surface area contributed by atoms with E-state index in [1.54, 1.807) is 7.05 Å². The average molecular weight is 330 g/mol. The van der Waals surface area contributed by atoms with Crippen LogP contribution in [0.3, 0.4) is 0 Å². The van der Waals surface area contributed by atoms with Gasteiger partial charge in [0.1, 0.15) is 0 Å². The van der Waals surface area contributed by atoms with Crippen LogP contribution in [-0.4, -0.2) is 43.5 Å². The highest BCUT2D eigenvalue weighted by Gasteiger charge is 2.20. The summed E-state index contributed by atoms with van der Waals surface area (Å²) in [5.41, 5.74) is 1.14. The number of nitrogens with one attached hydrogen (secondary N) is 2. The van der Waals surface area contributed by atoms with Crippen LogP contribution in [0.15, 0.2) is 18.2 Å². The zero-order valence-electron chi connectivity index (χ0n) is 12.2. The molecule has 0 unspecified atom stereocenters. The fourth-order valence-electron chi connectivity index (χ4n) is 2.49. The first kappa shape index (κ1) is 16.6. The average Bonchev–Trinajstić information content (AvgIpc) is 2.50. The maximum absolute atomic E-state index is 11.3. The van der Waals surface area contributed by atoms with Gasteiger partial charge in [0, 0.05) is 32.7 Å². The van der Waals surface area contributed by atoms with Gasteiger partial charge in [-0.05, 0) is 30.5 Å². The molecule has 4 nitrogen and oxygen atoms in total. The van der Waals surface area contributed by atoms with Crippen LogP contribution in [0.1, 0.15) is 18.4 Å². The largest absolute Gasteiger partial charge is 0.358 e. The van der Waals surface area contributed by atoms with Gasteiger partial charge in [-0.1, -0.05) is 29.3 Å². The van der Waals surface area contributed by atoms with E-state index in [9.17, 15) is 4.79 Å². The van der Waals surface area contributed by atoms with Gasteiger partial charge in [0.05, 0.1) is 16.6 Å². The molecule has 0 spiro atoms. The number of carbonyl (C=O) groups is 1. The lowest BCUT2D eigenvalue weighted by Gasteiger charge is -2.31. The lowest BCUT2D eigenvalue weighted by Crippen LogP contribution is -2.45. The molecule has 1 saturated heterocycles. The quantitative estimate of drug-likeness (QED) is 0.871. The smallest absolute Gasteiger partial charge is 0.233 e. The van der Waals surface area contributed by atoms with Crippen molar-refractivity contribution in [2.75, 3.05) is 26.7 Å². The monoisotopic (exact) mass is 329 g/mol. The lowest BCUT2D eigenvalue weighted by molar-refractivity contribution is -0.122. The number of likely N-dealkylation sites (N-methyl/N-ethyl adjacent to an activating group) is 1. The third kappa shape index (κ3) is 5.15. The molecule has 0 aromatic heterocycles. The van der Waals surface area contributed by atoms with Crippen LogP contribution in [0.25, 0.3) is 0 Å². The number of halogens is 2. The fourth-order valence-corrected chi connectivity index (χ4v) is 2.81. The second kappa shape index (κ2) is 7.99. The normalized spacial score (nSPS) is 16.9. The maximum atomic E-state index is 11.3. The zero-order chi connectivity index (χ0) is 15.2. The summed E-state index contributed by atoms with van der Waals surface area (Å²) in [6, 6.07) is 6.20. The van der Waals surface area contributed by atoms with Gasteiger partial charge < -0.3 is 10.6 Å². The number of piperidine rings is 1. The summed E-state index contributed by atoms with van der Waals surface area (Å²) in [5.74, 6) is 0.0808. The molecule has 116 valence electrons. The Kier molecular flexibility index (Phi) is 6.30. The number of benzene rings is 1. The van der Waals surface area contributed by atoms with Crippen molar-refractivity contribution < 1.29 is 4.79 Å². The third-order valence-electron chi connectivity index (χ3n) is 3.81. The number of hydrogen-bond donors (Lipinski definition) is 2. The molecule has 2 N–H and O–H groups in total. The van der Waals surface area contributed by atoms with E-state index < -0.39 is 0 Å². The van der Waals surface area contributed by atoms with Gasteiger partial charge in [-0.2, -0.15) is 0 Å². The van der Waals surface area contributed by atoms with E-state index in [0.717, 1.165) is 38.0 Å². The topological polar surface area (TPSA) is 44.4 Å². The van der Waals surface area contributed by atoms with Crippen molar-refractivity contribution in [1.82, 2.24) is 15.5 Å². The molecule has 21 heavy (non-hydrogen) atoms. The number of hydrogen-bond acceptors (Lipinski definition) is 3. The predicted octanol–water partition coefficient (Wildman–Crippen LogP) is 2.29. The summed E-state index contributed by atoms with van der Waals surface area (Å²) in [7, 11) is 1.67. The van der Waals surface area contributed by atoms with Gasteiger partial charge in [-0.25, -0.2) is 0 Å². The molecule has 1 fully saturated rings. The second-order valence-electron chi connectivity index (χ2n) is 5.35. The zero-order valence-corrected chi connectivity index (χ0v) is 13.7. The lowest BCUT2D eigenvalue weighted by atomic mass is 10.0. The Morgan fingerprint density at radius 3 is 2.62 bits per heavy atom. The minimum Gasteiger partial charge on any atom is -0.358 e. The molecule has 2 rings (SSSR count). The van der Waals surface area contributed by atoms with Gasteiger partial charge in [0.25, 0.3) is 0 Å². The molecular formula is C15H21Cl2N3O. The Bertz CT molecular complexity index is 488. The van der Waals surface area contributed by atoms with Crippen molar-refractivity contribution >= 4 is 29.1 Å². The molecule has 1 heterocycles. The van der Waals surface area contributed by atoms with Crippen LogP contribution in [0, 0.1) is 0 Å². The minimum atomic E-state index is 0.0808. The maximum Gasteiger partial charge on any atom is 0.233 e. The van der Waals surface area contributed by atoms with E-state index in [0.29, 0.717) is 22.6 Å². The van der Waals surface area contributed by atoms with Crippen molar-refractivity contribution in [2.24, 2.45) is 0 Å². The number of amides is 1.